The lowest BCUT2D eigenvalue weighted by atomic mass is 9.81. The summed E-state index contributed by atoms with van der Waals surface area (Å²) in [4.78, 5) is 2.44. The predicted molar refractivity (Wildman–Crippen MR) is 64.1 cm³/mol. The predicted octanol–water partition coefficient (Wildman–Crippen LogP) is 1.22. The minimum absolute atomic E-state index is 0.446. The first kappa shape index (κ1) is 12.9. The maximum Gasteiger partial charge on any atom is 0.0772 e. The van der Waals surface area contributed by atoms with Crippen LogP contribution in [0.5, 0.6) is 0 Å². The van der Waals surface area contributed by atoms with E-state index in [1.54, 1.807) is 0 Å². The van der Waals surface area contributed by atoms with Gasteiger partial charge in [-0.25, -0.2) is 0 Å². The van der Waals surface area contributed by atoms with Crippen LogP contribution in [0, 0.1) is 0 Å². The van der Waals surface area contributed by atoms with Crippen LogP contribution < -0.4 is 5.32 Å². The van der Waals surface area contributed by atoms with Crippen LogP contribution in [0.4, 0.5) is 0 Å². The first-order chi connectivity index (χ1) is 7.11. The van der Waals surface area contributed by atoms with Crippen molar-refractivity contribution in [3.05, 3.63) is 0 Å². The number of nitrogens with one attached hydrogen (secondary N) is 1. The Bertz CT molecular complexity index is 176. The first-order valence-corrected chi connectivity index (χ1v) is 6.18. The zero-order chi connectivity index (χ0) is 11.3. The molecule has 0 aromatic carbocycles. The molecule has 0 bridgehead atoms. The van der Waals surface area contributed by atoms with Gasteiger partial charge in [0.2, 0.25) is 0 Å². The molecule has 0 radical (unpaired) electrons. The lowest BCUT2D eigenvalue weighted by Crippen LogP contribution is -2.46. The molecule has 1 rings (SSSR count). The molecule has 90 valence electrons. The molecule has 0 aliphatic heterocycles. The molecule has 0 aromatic heterocycles. The van der Waals surface area contributed by atoms with Crippen molar-refractivity contribution in [1.29, 1.82) is 0 Å². The number of aliphatic hydroxyl groups is 1. The lowest BCUT2D eigenvalue weighted by molar-refractivity contribution is -0.0145. The summed E-state index contributed by atoms with van der Waals surface area (Å²) < 4.78 is 0. The van der Waals surface area contributed by atoms with Gasteiger partial charge in [0.25, 0.3) is 0 Å². The molecule has 3 heteroatoms. The number of likely N-dealkylation sites (N-methyl/N-ethyl adjacent to an activating group) is 1. The fraction of sp³-hybridized carbons (Fsp3) is 1.00. The second kappa shape index (κ2) is 5.83. The van der Waals surface area contributed by atoms with E-state index in [2.05, 4.69) is 24.2 Å². The van der Waals surface area contributed by atoms with Crippen LogP contribution in [-0.2, 0) is 0 Å². The van der Waals surface area contributed by atoms with E-state index in [1.807, 2.05) is 7.05 Å². The highest BCUT2D eigenvalue weighted by molar-refractivity contribution is 4.89. The van der Waals surface area contributed by atoms with Crippen molar-refractivity contribution in [1.82, 2.24) is 10.2 Å². The fourth-order valence-corrected chi connectivity index (χ4v) is 2.62. The van der Waals surface area contributed by atoms with E-state index in [0.717, 1.165) is 32.2 Å². The Morgan fingerprint density at radius 1 is 1.40 bits per heavy atom. The summed E-state index contributed by atoms with van der Waals surface area (Å²) in [5.74, 6) is 0. The van der Waals surface area contributed by atoms with Crippen molar-refractivity contribution in [2.24, 2.45) is 0 Å². The topological polar surface area (TPSA) is 35.5 Å². The molecule has 1 fully saturated rings. The van der Waals surface area contributed by atoms with E-state index in [9.17, 15) is 5.11 Å². The molecule has 0 heterocycles. The molecule has 3 nitrogen and oxygen atoms in total. The van der Waals surface area contributed by atoms with E-state index >= 15 is 0 Å². The summed E-state index contributed by atoms with van der Waals surface area (Å²) in [6, 6.07) is 0.682. The van der Waals surface area contributed by atoms with Crippen LogP contribution in [0.1, 0.15) is 39.0 Å². The summed E-state index contributed by atoms with van der Waals surface area (Å²) in [7, 11) is 4.11. The van der Waals surface area contributed by atoms with Gasteiger partial charge in [0.15, 0.2) is 0 Å². The van der Waals surface area contributed by atoms with Crippen molar-refractivity contribution in [3.63, 3.8) is 0 Å². The summed E-state index contributed by atoms with van der Waals surface area (Å²) in [5.41, 5.74) is -0.446. The van der Waals surface area contributed by atoms with Gasteiger partial charge >= 0.3 is 0 Å². The minimum Gasteiger partial charge on any atom is -0.389 e. The monoisotopic (exact) mass is 214 g/mol. The largest absolute Gasteiger partial charge is 0.389 e. The van der Waals surface area contributed by atoms with Gasteiger partial charge in [0.05, 0.1) is 5.60 Å². The van der Waals surface area contributed by atoms with Crippen molar-refractivity contribution in [2.45, 2.75) is 50.7 Å². The van der Waals surface area contributed by atoms with Gasteiger partial charge in [-0.1, -0.05) is 6.92 Å². The van der Waals surface area contributed by atoms with E-state index in [4.69, 9.17) is 0 Å². The summed E-state index contributed by atoms with van der Waals surface area (Å²) >= 11 is 0. The standard InChI is InChI=1S/C12H26N2O/c1-4-9-14(3)11-5-7-12(15,8-6-11)10-13-2/h11,13,15H,4-10H2,1-3H3. The van der Waals surface area contributed by atoms with Gasteiger partial charge in [-0.3, -0.25) is 0 Å². The highest BCUT2D eigenvalue weighted by atomic mass is 16.3. The summed E-state index contributed by atoms with van der Waals surface area (Å²) in [5, 5.41) is 13.3. The number of hydrogen-bond donors (Lipinski definition) is 2. The molecule has 15 heavy (non-hydrogen) atoms. The SMILES string of the molecule is CCCN(C)C1CCC(O)(CNC)CC1. The number of hydrogen-bond acceptors (Lipinski definition) is 3. The Balaban J connectivity index is 2.34. The van der Waals surface area contributed by atoms with Gasteiger partial charge in [0.1, 0.15) is 0 Å². The minimum atomic E-state index is -0.446. The highest BCUT2D eigenvalue weighted by Gasteiger charge is 2.33. The van der Waals surface area contributed by atoms with Crippen molar-refractivity contribution >= 4 is 0 Å². The Morgan fingerprint density at radius 2 is 2.00 bits per heavy atom. The molecule has 0 spiro atoms. The van der Waals surface area contributed by atoms with Crippen LogP contribution in [-0.4, -0.2) is 48.8 Å². The first-order valence-electron chi connectivity index (χ1n) is 6.18. The smallest absolute Gasteiger partial charge is 0.0772 e. The van der Waals surface area contributed by atoms with Gasteiger partial charge in [-0.05, 0) is 52.7 Å². The number of nitrogens with zero attached hydrogens (tertiary/aromatic N) is 1. The Kier molecular flexibility index (Phi) is 5.03. The molecule has 2 N–H and O–H groups in total. The highest BCUT2D eigenvalue weighted by Crippen LogP contribution is 2.30. The molecule has 0 saturated heterocycles. The van der Waals surface area contributed by atoms with Gasteiger partial charge in [0, 0.05) is 12.6 Å². The van der Waals surface area contributed by atoms with Crippen LogP contribution in [0.25, 0.3) is 0 Å². The van der Waals surface area contributed by atoms with Crippen LogP contribution in [0.2, 0.25) is 0 Å². The number of rotatable bonds is 5. The average Bonchev–Trinajstić information content (AvgIpc) is 2.19. The molecule has 1 saturated carbocycles. The normalized spacial score (nSPS) is 32.2. The molecule has 1 aliphatic carbocycles. The third kappa shape index (κ3) is 3.74. The Hall–Kier alpha value is -0.120. The zero-order valence-corrected chi connectivity index (χ0v) is 10.4. The average molecular weight is 214 g/mol. The van der Waals surface area contributed by atoms with E-state index in [0.29, 0.717) is 6.04 Å². The van der Waals surface area contributed by atoms with Gasteiger partial charge < -0.3 is 15.3 Å². The van der Waals surface area contributed by atoms with Crippen molar-refractivity contribution in [2.75, 3.05) is 27.2 Å². The fourth-order valence-electron chi connectivity index (χ4n) is 2.62. The lowest BCUT2D eigenvalue weighted by Gasteiger charge is -2.39. The molecular formula is C12H26N2O. The van der Waals surface area contributed by atoms with Crippen molar-refractivity contribution in [3.8, 4) is 0 Å². The second-order valence-electron chi connectivity index (χ2n) is 4.97. The van der Waals surface area contributed by atoms with E-state index < -0.39 is 5.60 Å². The molecule has 0 unspecified atom stereocenters. The van der Waals surface area contributed by atoms with E-state index in [1.165, 1.54) is 13.0 Å². The van der Waals surface area contributed by atoms with Crippen LogP contribution in [0.3, 0.4) is 0 Å². The second-order valence-corrected chi connectivity index (χ2v) is 4.97. The maximum absolute atomic E-state index is 10.2. The quantitative estimate of drug-likeness (QED) is 0.722. The van der Waals surface area contributed by atoms with Crippen LogP contribution in [0.15, 0.2) is 0 Å². The van der Waals surface area contributed by atoms with Gasteiger partial charge in [-0.15, -0.1) is 0 Å². The molecule has 0 amide bonds. The summed E-state index contributed by atoms with van der Waals surface area (Å²) in [6.07, 6.45) is 5.36. The third-order valence-corrected chi connectivity index (χ3v) is 3.59. The molecular weight excluding hydrogens is 188 g/mol. The maximum atomic E-state index is 10.2. The van der Waals surface area contributed by atoms with Gasteiger partial charge in [-0.2, -0.15) is 0 Å². The molecule has 0 aromatic rings. The molecule has 1 aliphatic rings. The van der Waals surface area contributed by atoms with E-state index in [-0.39, 0.29) is 0 Å². The Morgan fingerprint density at radius 3 is 2.47 bits per heavy atom. The zero-order valence-electron chi connectivity index (χ0n) is 10.4. The Labute approximate surface area is 93.9 Å². The molecule has 0 atom stereocenters. The van der Waals surface area contributed by atoms with Crippen molar-refractivity contribution < 1.29 is 5.11 Å². The third-order valence-electron chi connectivity index (χ3n) is 3.59. The summed E-state index contributed by atoms with van der Waals surface area (Å²) in [6.45, 7) is 4.13. The van der Waals surface area contributed by atoms with Crippen LogP contribution >= 0.6 is 0 Å².